The smallest absolute Gasteiger partial charge is 0.184 e. The summed E-state index contributed by atoms with van der Waals surface area (Å²) in [5, 5.41) is 8.64. The number of hydrogen-bond donors (Lipinski definition) is 1. The Kier molecular flexibility index (Phi) is 2.92. The zero-order chi connectivity index (χ0) is 6.57. The van der Waals surface area contributed by atoms with Crippen molar-refractivity contribution < 1.29 is 9.90 Å². The second kappa shape index (κ2) is 3.24. The molecule has 0 atom stereocenters. The standard InChI is InChI=1S/C6H10O2/c1-3-5(2)6(8)4-7/h4,8H,3H2,1-2H3. The lowest BCUT2D eigenvalue weighted by Crippen LogP contribution is -1.85. The fourth-order valence-corrected chi connectivity index (χ4v) is 0.282. The van der Waals surface area contributed by atoms with Crippen molar-refractivity contribution in [3.63, 3.8) is 0 Å². The Morgan fingerprint density at radius 2 is 2.25 bits per heavy atom. The molecule has 0 spiro atoms. The van der Waals surface area contributed by atoms with E-state index in [0.29, 0.717) is 6.29 Å². The molecule has 0 aliphatic heterocycles. The summed E-state index contributed by atoms with van der Waals surface area (Å²) in [5.74, 6) is -0.132. The summed E-state index contributed by atoms with van der Waals surface area (Å²) in [6.45, 7) is 3.61. The molecular weight excluding hydrogens is 104 g/mol. The van der Waals surface area contributed by atoms with Gasteiger partial charge in [-0.05, 0) is 18.9 Å². The van der Waals surface area contributed by atoms with Crippen molar-refractivity contribution in [3.8, 4) is 0 Å². The molecule has 0 bridgehead atoms. The van der Waals surface area contributed by atoms with Gasteiger partial charge in [0.25, 0.3) is 0 Å². The average molecular weight is 114 g/mol. The topological polar surface area (TPSA) is 37.3 Å². The van der Waals surface area contributed by atoms with E-state index < -0.39 is 0 Å². The highest BCUT2D eigenvalue weighted by Crippen LogP contribution is 2.00. The van der Waals surface area contributed by atoms with E-state index in [9.17, 15) is 4.79 Å². The minimum atomic E-state index is -0.132. The summed E-state index contributed by atoms with van der Waals surface area (Å²) < 4.78 is 0. The zero-order valence-electron chi connectivity index (χ0n) is 5.14. The fourth-order valence-electron chi connectivity index (χ4n) is 0.282. The summed E-state index contributed by atoms with van der Waals surface area (Å²) in [7, 11) is 0. The molecule has 0 fully saturated rings. The summed E-state index contributed by atoms with van der Waals surface area (Å²) in [5.41, 5.74) is 0.736. The maximum absolute atomic E-state index is 9.80. The summed E-state index contributed by atoms with van der Waals surface area (Å²) in [6.07, 6.45) is 1.18. The van der Waals surface area contributed by atoms with Crippen molar-refractivity contribution in [2.24, 2.45) is 0 Å². The van der Waals surface area contributed by atoms with Gasteiger partial charge in [0.1, 0.15) is 0 Å². The SMILES string of the molecule is CCC(C)=C(O)C=O. The van der Waals surface area contributed by atoms with Gasteiger partial charge in [0, 0.05) is 0 Å². The Morgan fingerprint density at radius 3 is 2.38 bits per heavy atom. The molecule has 1 N–H and O–H groups in total. The molecule has 0 aliphatic rings. The van der Waals surface area contributed by atoms with E-state index in [2.05, 4.69) is 0 Å². The summed E-state index contributed by atoms with van der Waals surface area (Å²) in [4.78, 5) is 9.80. The molecule has 0 aliphatic carbocycles. The first-order chi connectivity index (χ1) is 3.72. The van der Waals surface area contributed by atoms with Crippen LogP contribution >= 0.6 is 0 Å². The van der Waals surface area contributed by atoms with Gasteiger partial charge >= 0.3 is 0 Å². The van der Waals surface area contributed by atoms with Gasteiger partial charge in [-0.2, -0.15) is 0 Å². The first-order valence-electron chi connectivity index (χ1n) is 2.56. The molecule has 0 radical (unpaired) electrons. The lowest BCUT2D eigenvalue weighted by molar-refractivity contribution is -0.107. The molecule has 0 saturated carbocycles. The largest absolute Gasteiger partial charge is 0.505 e. The molecule has 2 nitrogen and oxygen atoms in total. The van der Waals surface area contributed by atoms with Gasteiger partial charge in [0.15, 0.2) is 12.0 Å². The molecule has 0 aromatic rings. The average Bonchev–Trinajstić information content (AvgIpc) is 1.84. The van der Waals surface area contributed by atoms with Crippen LogP contribution < -0.4 is 0 Å². The van der Waals surface area contributed by atoms with Gasteiger partial charge in [-0.15, -0.1) is 0 Å². The fraction of sp³-hybridized carbons (Fsp3) is 0.500. The van der Waals surface area contributed by atoms with Gasteiger partial charge in [-0.1, -0.05) is 6.92 Å². The third-order valence-electron chi connectivity index (χ3n) is 1.08. The van der Waals surface area contributed by atoms with Gasteiger partial charge < -0.3 is 5.11 Å². The quantitative estimate of drug-likeness (QED) is 0.335. The van der Waals surface area contributed by atoms with Gasteiger partial charge in [-0.3, -0.25) is 4.79 Å². The Hall–Kier alpha value is -0.790. The number of aliphatic hydroxyl groups excluding tert-OH is 1. The van der Waals surface area contributed by atoms with E-state index in [4.69, 9.17) is 5.11 Å². The first kappa shape index (κ1) is 7.21. The van der Waals surface area contributed by atoms with Crippen molar-refractivity contribution in [1.29, 1.82) is 0 Å². The van der Waals surface area contributed by atoms with Gasteiger partial charge in [0.05, 0.1) is 0 Å². The van der Waals surface area contributed by atoms with Crippen LogP contribution in [0.15, 0.2) is 11.3 Å². The van der Waals surface area contributed by atoms with Crippen molar-refractivity contribution >= 4 is 6.29 Å². The van der Waals surface area contributed by atoms with Crippen LogP contribution in [0.1, 0.15) is 20.3 Å². The molecule has 0 amide bonds. The van der Waals surface area contributed by atoms with Crippen LogP contribution in [0.25, 0.3) is 0 Å². The molecule has 0 aromatic heterocycles. The molecule has 8 heavy (non-hydrogen) atoms. The Bertz CT molecular complexity index is 114. The van der Waals surface area contributed by atoms with Crippen molar-refractivity contribution in [1.82, 2.24) is 0 Å². The highest BCUT2D eigenvalue weighted by Gasteiger charge is 1.92. The second-order valence-corrected chi connectivity index (χ2v) is 1.64. The summed E-state index contributed by atoms with van der Waals surface area (Å²) >= 11 is 0. The Morgan fingerprint density at radius 1 is 1.75 bits per heavy atom. The Balaban J connectivity index is 4.03. The molecule has 46 valence electrons. The molecular formula is C6H10O2. The van der Waals surface area contributed by atoms with Crippen molar-refractivity contribution in [3.05, 3.63) is 11.3 Å². The highest BCUT2D eigenvalue weighted by molar-refractivity contribution is 5.70. The zero-order valence-corrected chi connectivity index (χ0v) is 5.14. The van der Waals surface area contributed by atoms with E-state index in [1.165, 1.54) is 0 Å². The number of aldehydes is 1. The van der Waals surface area contributed by atoms with Crippen LogP contribution in [0.4, 0.5) is 0 Å². The minimum Gasteiger partial charge on any atom is -0.505 e. The molecule has 0 aromatic carbocycles. The number of allylic oxidation sites excluding steroid dienone is 2. The predicted molar refractivity (Wildman–Crippen MR) is 31.7 cm³/mol. The summed E-state index contributed by atoms with van der Waals surface area (Å²) in [6, 6.07) is 0. The number of carbonyl (C=O) groups is 1. The van der Waals surface area contributed by atoms with E-state index in [0.717, 1.165) is 12.0 Å². The number of aliphatic hydroxyl groups is 1. The van der Waals surface area contributed by atoms with Crippen LogP contribution in [0.2, 0.25) is 0 Å². The van der Waals surface area contributed by atoms with E-state index in [1.54, 1.807) is 6.92 Å². The number of carbonyl (C=O) groups excluding carboxylic acids is 1. The monoisotopic (exact) mass is 114 g/mol. The number of hydrogen-bond acceptors (Lipinski definition) is 2. The lowest BCUT2D eigenvalue weighted by Gasteiger charge is -1.92. The van der Waals surface area contributed by atoms with Crippen LogP contribution in [-0.2, 0) is 4.79 Å². The first-order valence-corrected chi connectivity index (χ1v) is 2.56. The van der Waals surface area contributed by atoms with Crippen LogP contribution in [0.3, 0.4) is 0 Å². The van der Waals surface area contributed by atoms with Gasteiger partial charge in [-0.25, -0.2) is 0 Å². The maximum atomic E-state index is 9.80. The van der Waals surface area contributed by atoms with E-state index in [1.807, 2.05) is 6.92 Å². The van der Waals surface area contributed by atoms with Crippen LogP contribution in [-0.4, -0.2) is 11.4 Å². The minimum absolute atomic E-state index is 0.132. The second-order valence-electron chi connectivity index (χ2n) is 1.64. The van der Waals surface area contributed by atoms with E-state index >= 15 is 0 Å². The maximum Gasteiger partial charge on any atom is 0.184 e. The van der Waals surface area contributed by atoms with Crippen LogP contribution in [0.5, 0.6) is 0 Å². The van der Waals surface area contributed by atoms with E-state index in [-0.39, 0.29) is 5.76 Å². The molecule has 2 heteroatoms. The third kappa shape index (κ3) is 1.78. The molecule has 0 rings (SSSR count). The normalized spacial score (nSPS) is 12.8. The Labute approximate surface area is 48.8 Å². The predicted octanol–water partition coefficient (Wildman–Crippen LogP) is 1.43. The van der Waals surface area contributed by atoms with Crippen molar-refractivity contribution in [2.45, 2.75) is 20.3 Å². The molecule has 0 saturated heterocycles. The van der Waals surface area contributed by atoms with Crippen LogP contribution in [0, 0.1) is 0 Å². The van der Waals surface area contributed by atoms with Crippen molar-refractivity contribution in [2.75, 3.05) is 0 Å². The molecule has 0 unspecified atom stereocenters. The molecule has 0 heterocycles. The highest BCUT2D eigenvalue weighted by atomic mass is 16.3. The lowest BCUT2D eigenvalue weighted by atomic mass is 10.2. The number of rotatable bonds is 2. The third-order valence-corrected chi connectivity index (χ3v) is 1.08. The van der Waals surface area contributed by atoms with Gasteiger partial charge in [0.2, 0.25) is 0 Å².